The predicted octanol–water partition coefficient (Wildman–Crippen LogP) is 3.05. The molecule has 0 aliphatic carbocycles. The first-order chi connectivity index (χ1) is 7.65. The van der Waals surface area contributed by atoms with Crippen molar-refractivity contribution in [1.82, 2.24) is 10.2 Å². The predicted molar refractivity (Wildman–Crippen MR) is 73.9 cm³/mol. The summed E-state index contributed by atoms with van der Waals surface area (Å²) in [5.74, 6) is 0. The van der Waals surface area contributed by atoms with E-state index in [-0.39, 0.29) is 0 Å². The molecule has 0 aromatic carbocycles. The zero-order chi connectivity index (χ0) is 12.4. The molecule has 0 aliphatic rings. The van der Waals surface area contributed by atoms with E-state index in [9.17, 15) is 0 Å². The summed E-state index contributed by atoms with van der Waals surface area (Å²) in [6, 6.07) is 0.665. The van der Waals surface area contributed by atoms with Gasteiger partial charge in [-0.3, -0.25) is 4.90 Å². The SMILES string of the molecule is C=C(C)CN(CC)C(CCC)CNCCC. The summed E-state index contributed by atoms with van der Waals surface area (Å²) in [6.45, 7) is 17.3. The molecule has 2 heteroatoms. The number of likely N-dealkylation sites (N-methyl/N-ethyl adjacent to an activating group) is 1. The molecule has 1 unspecified atom stereocenters. The molecule has 0 saturated heterocycles. The van der Waals surface area contributed by atoms with Crippen molar-refractivity contribution in [3.05, 3.63) is 12.2 Å². The van der Waals surface area contributed by atoms with Gasteiger partial charge in [0, 0.05) is 19.1 Å². The molecule has 16 heavy (non-hydrogen) atoms. The van der Waals surface area contributed by atoms with Crippen molar-refractivity contribution >= 4 is 0 Å². The van der Waals surface area contributed by atoms with Gasteiger partial charge in [-0.1, -0.05) is 39.3 Å². The molecular formula is C14H30N2. The van der Waals surface area contributed by atoms with Crippen molar-refractivity contribution in [2.45, 2.75) is 53.0 Å². The van der Waals surface area contributed by atoms with Crippen LogP contribution in [-0.2, 0) is 0 Å². The highest BCUT2D eigenvalue weighted by molar-refractivity contribution is 4.93. The normalized spacial score (nSPS) is 13.1. The van der Waals surface area contributed by atoms with Gasteiger partial charge in [-0.2, -0.15) is 0 Å². The van der Waals surface area contributed by atoms with Crippen molar-refractivity contribution in [2.75, 3.05) is 26.2 Å². The highest BCUT2D eigenvalue weighted by Crippen LogP contribution is 2.08. The van der Waals surface area contributed by atoms with Crippen molar-refractivity contribution in [3.63, 3.8) is 0 Å². The maximum atomic E-state index is 4.02. The van der Waals surface area contributed by atoms with Crippen LogP contribution in [-0.4, -0.2) is 37.1 Å². The Labute approximate surface area is 102 Å². The van der Waals surface area contributed by atoms with Crippen LogP contribution in [0.15, 0.2) is 12.2 Å². The van der Waals surface area contributed by atoms with Gasteiger partial charge in [0.1, 0.15) is 0 Å². The molecule has 0 fully saturated rings. The van der Waals surface area contributed by atoms with Crippen LogP contribution in [0.2, 0.25) is 0 Å². The largest absolute Gasteiger partial charge is 0.315 e. The molecule has 0 aliphatic heterocycles. The van der Waals surface area contributed by atoms with Crippen LogP contribution in [0.25, 0.3) is 0 Å². The Hall–Kier alpha value is -0.340. The molecule has 1 atom stereocenters. The standard InChI is InChI=1S/C14H30N2/c1-6-9-14(11-15-10-7-2)16(8-3)12-13(4)5/h14-15H,4,6-12H2,1-3,5H3. The number of rotatable bonds is 10. The van der Waals surface area contributed by atoms with Crippen molar-refractivity contribution < 1.29 is 0 Å². The average molecular weight is 226 g/mol. The first-order valence-electron chi connectivity index (χ1n) is 6.74. The summed E-state index contributed by atoms with van der Waals surface area (Å²) < 4.78 is 0. The molecule has 0 amide bonds. The van der Waals surface area contributed by atoms with E-state index < -0.39 is 0 Å². The topological polar surface area (TPSA) is 15.3 Å². The fourth-order valence-corrected chi connectivity index (χ4v) is 2.04. The lowest BCUT2D eigenvalue weighted by Gasteiger charge is -2.31. The second-order valence-corrected chi connectivity index (χ2v) is 4.67. The van der Waals surface area contributed by atoms with Gasteiger partial charge in [0.15, 0.2) is 0 Å². The van der Waals surface area contributed by atoms with Gasteiger partial charge in [0.25, 0.3) is 0 Å². The van der Waals surface area contributed by atoms with Crippen LogP contribution in [0.5, 0.6) is 0 Å². The molecule has 0 aromatic heterocycles. The average Bonchev–Trinajstić information content (AvgIpc) is 2.25. The molecule has 1 N–H and O–H groups in total. The van der Waals surface area contributed by atoms with E-state index >= 15 is 0 Å². The van der Waals surface area contributed by atoms with Gasteiger partial charge in [-0.05, 0) is 32.9 Å². The third-order valence-electron chi connectivity index (χ3n) is 2.82. The highest BCUT2D eigenvalue weighted by Gasteiger charge is 2.15. The minimum Gasteiger partial charge on any atom is -0.315 e. The van der Waals surface area contributed by atoms with E-state index in [0.29, 0.717) is 6.04 Å². The van der Waals surface area contributed by atoms with Crippen molar-refractivity contribution in [2.24, 2.45) is 0 Å². The lowest BCUT2D eigenvalue weighted by atomic mass is 10.1. The first kappa shape index (κ1) is 15.7. The van der Waals surface area contributed by atoms with E-state index in [1.807, 2.05) is 0 Å². The van der Waals surface area contributed by atoms with Crippen molar-refractivity contribution in [1.29, 1.82) is 0 Å². The van der Waals surface area contributed by atoms with Crippen LogP contribution in [0, 0.1) is 0 Å². The molecule has 0 heterocycles. The van der Waals surface area contributed by atoms with E-state index in [4.69, 9.17) is 0 Å². The number of nitrogens with zero attached hydrogens (tertiary/aromatic N) is 1. The summed E-state index contributed by atoms with van der Waals surface area (Å²) in [6.07, 6.45) is 3.74. The van der Waals surface area contributed by atoms with E-state index in [0.717, 1.165) is 26.2 Å². The Morgan fingerprint density at radius 2 is 1.94 bits per heavy atom. The van der Waals surface area contributed by atoms with Gasteiger partial charge < -0.3 is 5.32 Å². The Bertz CT molecular complexity index is 178. The minimum atomic E-state index is 0.665. The molecule has 0 bridgehead atoms. The summed E-state index contributed by atoms with van der Waals surface area (Å²) in [5.41, 5.74) is 1.26. The summed E-state index contributed by atoms with van der Waals surface area (Å²) >= 11 is 0. The van der Waals surface area contributed by atoms with E-state index in [2.05, 4.69) is 44.5 Å². The van der Waals surface area contributed by atoms with E-state index in [1.54, 1.807) is 0 Å². The van der Waals surface area contributed by atoms with Gasteiger partial charge in [0.05, 0.1) is 0 Å². The fourth-order valence-electron chi connectivity index (χ4n) is 2.04. The Morgan fingerprint density at radius 3 is 2.38 bits per heavy atom. The van der Waals surface area contributed by atoms with Crippen LogP contribution in [0.4, 0.5) is 0 Å². The Kier molecular flexibility index (Phi) is 9.65. The van der Waals surface area contributed by atoms with Crippen LogP contribution >= 0.6 is 0 Å². The monoisotopic (exact) mass is 226 g/mol. The first-order valence-corrected chi connectivity index (χ1v) is 6.74. The molecule has 0 aromatic rings. The smallest absolute Gasteiger partial charge is 0.0223 e. The second kappa shape index (κ2) is 9.86. The number of hydrogen-bond acceptors (Lipinski definition) is 2. The zero-order valence-electron chi connectivity index (χ0n) is 11.7. The zero-order valence-corrected chi connectivity index (χ0v) is 11.7. The van der Waals surface area contributed by atoms with Crippen LogP contribution < -0.4 is 5.32 Å². The van der Waals surface area contributed by atoms with Gasteiger partial charge in [-0.15, -0.1) is 0 Å². The fraction of sp³-hybridized carbons (Fsp3) is 0.857. The van der Waals surface area contributed by atoms with Gasteiger partial charge >= 0.3 is 0 Å². The molecule has 96 valence electrons. The highest BCUT2D eigenvalue weighted by atomic mass is 15.2. The van der Waals surface area contributed by atoms with E-state index in [1.165, 1.54) is 24.8 Å². The van der Waals surface area contributed by atoms with Crippen molar-refractivity contribution in [3.8, 4) is 0 Å². The number of nitrogens with one attached hydrogen (secondary N) is 1. The maximum Gasteiger partial charge on any atom is 0.0223 e. The molecule has 0 rings (SSSR count). The molecule has 0 spiro atoms. The lowest BCUT2D eigenvalue weighted by Crippen LogP contribution is -2.43. The van der Waals surface area contributed by atoms with Gasteiger partial charge in [0.2, 0.25) is 0 Å². The van der Waals surface area contributed by atoms with Gasteiger partial charge in [-0.25, -0.2) is 0 Å². The van der Waals surface area contributed by atoms with Crippen LogP contribution in [0.3, 0.4) is 0 Å². The molecule has 0 saturated carbocycles. The minimum absolute atomic E-state index is 0.665. The third kappa shape index (κ3) is 7.02. The summed E-state index contributed by atoms with van der Waals surface area (Å²) in [7, 11) is 0. The lowest BCUT2D eigenvalue weighted by molar-refractivity contribution is 0.206. The quantitative estimate of drug-likeness (QED) is 0.455. The third-order valence-corrected chi connectivity index (χ3v) is 2.82. The summed E-state index contributed by atoms with van der Waals surface area (Å²) in [4.78, 5) is 2.54. The molecule has 2 nitrogen and oxygen atoms in total. The Morgan fingerprint density at radius 1 is 1.25 bits per heavy atom. The second-order valence-electron chi connectivity index (χ2n) is 4.67. The summed E-state index contributed by atoms with van der Waals surface area (Å²) in [5, 5.41) is 3.54. The van der Waals surface area contributed by atoms with Crippen LogP contribution in [0.1, 0.15) is 47.0 Å². The molecule has 0 radical (unpaired) electrons. The molecular weight excluding hydrogens is 196 g/mol. The Balaban J connectivity index is 4.16. The number of hydrogen-bond donors (Lipinski definition) is 1. The maximum absolute atomic E-state index is 4.02.